The summed E-state index contributed by atoms with van der Waals surface area (Å²) in [6.45, 7) is 3.93. The fourth-order valence-corrected chi connectivity index (χ4v) is 3.93. The molecule has 0 radical (unpaired) electrons. The Balaban J connectivity index is 1.48. The number of fused-ring (bicyclic) bond motifs is 1. The predicted molar refractivity (Wildman–Crippen MR) is 133 cm³/mol. The van der Waals surface area contributed by atoms with Crippen LogP contribution in [-0.2, 0) is 29.0 Å². The molecule has 0 aliphatic heterocycles. The minimum atomic E-state index is 0.0636. The second-order valence-corrected chi connectivity index (χ2v) is 8.59. The summed E-state index contributed by atoms with van der Waals surface area (Å²) < 4.78 is 2.07. The second kappa shape index (κ2) is 12.8. The number of imidazole rings is 1. The maximum absolute atomic E-state index is 12.8. The number of aromatic nitrogens is 2. The van der Waals surface area contributed by atoms with E-state index in [1.807, 2.05) is 66.5 Å². The zero-order valence-electron chi connectivity index (χ0n) is 19.9. The molecule has 176 valence electrons. The molecule has 1 aromatic heterocycles. The fourth-order valence-electron chi connectivity index (χ4n) is 3.93. The molecule has 2 aromatic carbocycles. The summed E-state index contributed by atoms with van der Waals surface area (Å²) in [4.78, 5) is 31.5. The van der Waals surface area contributed by atoms with E-state index in [-0.39, 0.29) is 11.8 Å². The molecule has 3 rings (SSSR count). The highest BCUT2D eigenvalue weighted by Gasteiger charge is 2.15. The number of carbonyl (C=O) groups excluding carboxylic acids is 2. The van der Waals surface area contributed by atoms with Crippen molar-refractivity contribution in [3.8, 4) is 0 Å². The molecule has 0 saturated heterocycles. The summed E-state index contributed by atoms with van der Waals surface area (Å²) in [6, 6.07) is 17.8. The molecule has 0 unspecified atom stereocenters. The average Bonchev–Trinajstić information content (AvgIpc) is 3.17. The molecule has 2 amide bonds. The van der Waals surface area contributed by atoms with Crippen molar-refractivity contribution in [3.63, 3.8) is 0 Å². The summed E-state index contributed by atoms with van der Waals surface area (Å²) in [5, 5.41) is 3.01. The first kappa shape index (κ1) is 24.5. The topological polar surface area (TPSA) is 67.2 Å². The van der Waals surface area contributed by atoms with Crippen molar-refractivity contribution in [2.75, 3.05) is 20.1 Å². The Labute approximate surface area is 197 Å². The molecule has 6 heteroatoms. The molecule has 0 aliphatic carbocycles. The van der Waals surface area contributed by atoms with E-state index in [4.69, 9.17) is 4.98 Å². The largest absolute Gasteiger partial charge is 0.356 e. The molecule has 0 aliphatic rings. The van der Waals surface area contributed by atoms with Gasteiger partial charge in [0.1, 0.15) is 12.4 Å². The van der Waals surface area contributed by atoms with E-state index in [2.05, 4.69) is 16.8 Å². The quantitative estimate of drug-likeness (QED) is 0.395. The number of nitrogens with zero attached hydrogens (tertiary/aromatic N) is 3. The number of carbonyl (C=O) groups is 2. The van der Waals surface area contributed by atoms with Crippen molar-refractivity contribution in [2.24, 2.45) is 0 Å². The van der Waals surface area contributed by atoms with Crippen molar-refractivity contribution in [2.45, 2.75) is 58.4 Å². The highest BCUT2D eigenvalue weighted by molar-refractivity contribution is 5.81. The number of amides is 2. The minimum absolute atomic E-state index is 0.0636. The standard InChI is InChI=1S/C27H36N4O2/c1-3-4-19-30(2)27(33)21-31-24-16-11-10-15-23(24)29-25(31)17-9-6-12-18-28-26(32)20-22-13-7-5-8-14-22/h5,7-8,10-11,13-16H,3-4,6,9,12,17-21H2,1-2H3,(H,28,32). The Hall–Kier alpha value is -3.15. The third-order valence-electron chi connectivity index (χ3n) is 5.91. The predicted octanol–water partition coefficient (Wildman–Crippen LogP) is 4.37. The molecular formula is C27H36N4O2. The van der Waals surface area contributed by atoms with E-state index in [9.17, 15) is 9.59 Å². The number of hydrogen-bond donors (Lipinski definition) is 1. The van der Waals surface area contributed by atoms with Crippen LogP contribution in [0.4, 0.5) is 0 Å². The average molecular weight is 449 g/mol. The van der Waals surface area contributed by atoms with Crippen LogP contribution in [0.15, 0.2) is 54.6 Å². The number of nitrogens with one attached hydrogen (secondary N) is 1. The first-order valence-corrected chi connectivity index (χ1v) is 12.1. The van der Waals surface area contributed by atoms with Gasteiger partial charge < -0.3 is 14.8 Å². The van der Waals surface area contributed by atoms with E-state index in [0.29, 0.717) is 19.5 Å². The fraction of sp³-hybridized carbons (Fsp3) is 0.444. The van der Waals surface area contributed by atoms with Crippen LogP contribution in [0.5, 0.6) is 0 Å². The van der Waals surface area contributed by atoms with Gasteiger partial charge in [-0.05, 0) is 37.0 Å². The smallest absolute Gasteiger partial charge is 0.242 e. The van der Waals surface area contributed by atoms with Gasteiger partial charge in [-0.1, -0.05) is 62.2 Å². The molecule has 0 bridgehead atoms. The first-order chi connectivity index (χ1) is 16.1. The Morgan fingerprint density at radius 1 is 0.970 bits per heavy atom. The van der Waals surface area contributed by atoms with Crippen molar-refractivity contribution in [1.29, 1.82) is 0 Å². The molecule has 3 aromatic rings. The van der Waals surface area contributed by atoms with Gasteiger partial charge >= 0.3 is 0 Å². The molecule has 0 fully saturated rings. The summed E-state index contributed by atoms with van der Waals surface area (Å²) in [5.74, 6) is 1.14. The molecule has 0 spiro atoms. The maximum atomic E-state index is 12.8. The molecule has 0 atom stereocenters. The Bertz CT molecular complexity index is 1030. The lowest BCUT2D eigenvalue weighted by atomic mass is 10.1. The van der Waals surface area contributed by atoms with Crippen LogP contribution in [0.3, 0.4) is 0 Å². The monoisotopic (exact) mass is 448 g/mol. The zero-order chi connectivity index (χ0) is 23.5. The van der Waals surface area contributed by atoms with Crippen LogP contribution in [0.1, 0.15) is 50.4 Å². The number of likely N-dealkylation sites (N-methyl/N-ethyl adjacent to an activating group) is 1. The van der Waals surface area contributed by atoms with Gasteiger partial charge in [-0.15, -0.1) is 0 Å². The SMILES string of the molecule is CCCCN(C)C(=O)Cn1c(CCCCCNC(=O)Cc2ccccc2)nc2ccccc21. The number of benzene rings is 2. The highest BCUT2D eigenvalue weighted by atomic mass is 16.2. The van der Waals surface area contributed by atoms with E-state index in [1.54, 1.807) is 0 Å². The molecule has 0 saturated carbocycles. The minimum Gasteiger partial charge on any atom is -0.356 e. The van der Waals surface area contributed by atoms with E-state index in [1.165, 1.54) is 0 Å². The Morgan fingerprint density at radius 2 is 1.73 bits per heavy atom. The van der Waals surface area contributed by atoms with Gasteiger partial charge in [-0.3, -0.25) is 9.59 Å². The lowest BCUT2D eigenvalue weighted by molar-refractivity contribution is -0.130. The number of aryl methyl sites for hydroxylation is 1. The molecule has 1 N–H and O–H groups in total. The Morgan fingerprint density at radius 3 is 2.52 bits per heavy atom. The van der Waals surface area contributed by atoms with Crippen LogP contribution < -0.4 is 5.32 Å². The number of hydrogen-bond acceptors (Lipinski definition) is 3. The summed E-state index contributed by atoms with van der Waals surface area (Å²) in [7, 11) is 1.88. The van der Waals surface area contributed by atoms with Gasteiger partial charge in [0.25, 0.3) is 0 Å². The zero-order valence-corrected chi connectivity index (χ0v) is 19.9. The van der Waals surface area contributed by atoms with Gasteiger partial charge in [0.15, 0.2) is 0 Å². The normalized spacial score (nSPS) is 11.0. The van der Waals surface area contributed by atoms with Gasteiger partial charge in [-0.25, -0.2) is 4.98 Å². The van der Waals surface area contributed by atoms with Crippen molar-refractivity contribution in [3.05, 3.63) is 66.0 Å². The van der Waals surface area contributed by atoms with E-state index < -0.39 is 0 Å². The number of rotatable bonds is 13. The lowest BCUT2D eigenvalue weighted by Gasteiger charge is -2.18. The lowest BCUT2D eigenvalue weighted by Crippen LogP contribution is -2.31. The third-order valence-corrected chi connectivity index (χ3v) is 5.91. The van der Waals surface area contributed by atoms with Crippen molar-refractivity contribution in [1.82, 2.24) is 19.8 Å². The number of para-hydroxylation sites is 2. The van der Waals surface area contributed by atoms with Gasteiger partial charge in [-0.2, -0.15) is 0 Å². The molecule has 6 nitrogen and oxygen atoms in total. The van der Waals surface area contributed by atoms with Crippen LogP contribution in [0.2, 0.25) is 0 Å². The summed E-state index contributed by atoms with van der Waals surface area (Å²) in [6.07, 6.45) is 6.23. The summed E-state index contributed by atoms with van der Waals surface area (Å²) >= 11 is 0. The van der Waals surface area contributed by atoms with Crippen LogP contribution in [-0.4, -0.2) is 46.4 Å². The second-order valence-electron chi connectivity index (χ2n) is 8.59. The van der Waals surface area contributed by atoms with Gasteiger partial charge in [0.2, 0.25) is 11.8 Å². The first-order valence-electron chi connectivity index (χ1n) is 12.1. The third kappa shape index (κ3) is 7.45. The number of unbranched alkanes of at least 4 members (excludes halogenated alkanes) is 3. The molecule has 33 heavy (non-hydrogen) atoms. The summed E-state index contributed by atoms with van der Waals surface area (Å²) in [5.41, 5.74) is 2.98. The Kier molecular flexibility index (Phi) is 9.48. The van der Waals surface area contributed by atoms with Crippen molar-refractivity contribution >= 4 is 22.8 Å². The van der Waals surface area contributed by atoms with Crippen LogP contribution >= 0.6 is 0 Å². The maximum Gasteiger partial charge on any atom is 0.242 e. The molecule has 1 heterocycles. The van der Waals surface area contributed by atoms with Crippen molar-refractivity contribution < 1.29 is 9.59 Å². The van der Waals surface area contributed by atoms with Crippen LogP contribution in [0.25, 0.3) is 11.0 Å². The van der Waals surface area contributed by atoms with E-state index in [0.717, 1.165) is 67.5 Å². The highest BCUT2D eigenvalue weighted by Crippen LogP contribution is 2.18. The van der Waals surface area contributed by atoms with E-state index >= 15 is 0 Å². The van der Waals surface area contributed by atoms with Gasteiger partial charge in [0, 0.05) is 26.6 Å². The van der Waals surface area contributed by atoms with Gasteiger partial charge in [0.05, 0.1) is 17.5 Å². The molecular weight excluding hydrogens is 412 g/mol. The van der Waals surface area contributed by atoms with Crippen LogP contribution in [0, 0.1) is 0 Å².